The molecule has 1 aromatic rings. The minimum Gasteiger partial charge on any atom is -0.484 e. The van der Waals surface area contributed by atoms with E-state index >= 15 is 0 Å². The Morgan fingerprint density at radius 3 is 2.77 bits per heavy atom. The average molecular weight is 192 g/mol. The molecule has 13 heavy (non-hydrogen) atoms. The Labute approximate surface area is 82.8 Å². The monoisotopic (exact) mass is 192 g/mol. The van der Waals surface area contributed by atoms with Crippen LogP contribution in [0.25, 0.3) is 6.08 Å². The van der Waals surface area contributed by atoms with E-state index in [9.17, 15) is 0 Å². The Kier molecular flexibility index (Phi) is 2.60. The first-order chi connectivity index (χ1) is 6.34. The number of thioether (sulfide) groups is 1. The molecule has 0 N–H and O–H groups in total. The minimum atomic E-state index is 0.361. The number of hydrogen-bond donors (Lipinski definition) is 0. The molecule has 0 aromatic heterocycles. The van der Waals surface area contributed by atoms with Crippen molar-refractivity contribution in [3.63, 3.8) is 0 Å². The van der Waals surface area contributed by atoms with E-state index in [2.05, 4.69) is 25.1 Å². The molecule has 1 atom stereocenters. The average Bonchev–Trinajstić information content (AvgIpc) is 2.53. The van der Waals surface area contributed by atoms with Crippen LogP contribution in [0, 0.1) is 0 Å². The standard InChI is InChI=1S/C11H12OS/c1-9-8-13-11(12-9)7-10-5-3-2-4-6-10/h2-7,9H,8H2,1H3/b11-7+. The molecule has 1 fully saturated rings. The molecular weight excluding hydrogens is 180 g/mol. The third-order valence-electron chi connectivity index (χ3n) is 1.86. The van der Waals surface area contributed by atoms with E-state index in [0.717, 1.165) is 10.8 Å². The van der Waals surface area contributed by atoms with Crippen LogP contribution in [0.2, 0.25) is 0 Å². The van der Waals surface area contributed by atoms with Crippen LogP contribution in [0.3, 0.4) is 0 Å². The van der Waals surface area contributed by atoms with Gasteiger partial charge in [-0.15, -0.1) is 0 Å². The van der Waals surface area contributed by atoms with Crippen LogP contribution in [0.15, 0.2) is 35.4 Å². The summed E-state index contributed by atoms with van der Waals surface area (Å²) in [7, 11) is 0. The summed E-state index contributed by atoms with van der Waals surface area (Å²) in [6, 6.07) is 10.3. The van der Waals surface area contributed by atoms with Crippen LogP contribution in [-0.4, -0.2) is 11.9 Å². The summed E-state index contributed by atoms with van der Waals surface area (Å²) in [5, 5.41) is 1.04. The fraction of sp³-hybridized carbons (Fsp3) is 0.273. The van der Waals surface area contributed by atoms with Crippen LogP contribution in [-0.2, 0) is 4.74 Å². The molecular formula is C11H12OS. The van der Waals surface area contributed by atoms with Gasteiger partial charge in [0.2, 0.25) is 0 Å². The molecule has 2 rings (SSSR count). The van der Waals surface area contributed by atoms with Gasteiger partial charge in [0.1, 0.15) is 6.10 Å². The van der Waals surface area contributed by atoms with Crippen molar-refractivity contribution in [3.8, 4) is 0 Å². The Morgan fingerprint density at radius 1 is 1.38 bits per heavy atom. The molecule has 1 unspecified atom stereocenters. The largest absolute Gasteiger partial charge is 0.484 e. The first-order valence-electron chi connectivity index (χ1n) is 4.41. The maximum Gasteiger partial charge on any atom is 0.154 e. The number of hydrogen-bond acceptors (Lipinski definition) is 2. The van der Waals surface area contributed by atoms with Gasteiger partial charge < -0.3 is 4.74 Å². The molecule has 1 heterocycles. The Morgan fingerprint density at radius 2 is 2.15 bits per heavy atom. The number of benzene rings is 1. The third-order valence-corrected chi connectivity index (χ3v) is 3.00. The lowest BCUT2D eigenvalue weighted by Gasteiger charge is -2.01. The van der Waals surface area contributed by atoms with E-state index in [1.165, 1.54) is 5.56 Å². The van der Waals surface area contributed by atoms with Gasteiger partial charge >= 0.3 is 0 Å². The second kappa shape index (κ2) is 3.88. The van der Waals surface area contributed by atoms with Crippen LogP contribution in [0.4, 0.5) is 0 Å². The van der Waals surface area contributed by atoms with Gasteiger partial charge in [-0.05, 0) is 18.6 Å². The summed E-state index contributed by atoms with van der Waals surface area (Å²) in [6.07, 6.45) is 2.45. The highest BCUT2D eigenvalue weighted by molar-refractivity contribution is 8.03. The molecule has 1 aromatic carbocycles. The maximum atomic E-state index is 5.59. The molecule has 0 saturated carbocycles. The van der Waals surface area contributed by atoms with Crippen molar-refractivity contribution < 1.29 is 4.74 Å². The molecule has 2 heteroatoms. The quantitative estimate of drug-likeness (QED) is 0.676. The first-order valence-corrected chi connectivity index (χ1v) is 5.39. The van der Waals surface area contributed by atoms with E-state index in [1.54, 1.807) is 11.8 Å². The highest BCUT2D eigenvalue weighted by atomic mass is 32.2. The molecule has 1 saturated heterocycles. The topological polar surface area (TPSA) is 9.23 Å². The van der Waals surface area contributed by atoms with Crippen molar-refractivity contribution in [2.24, 2.45) is 0 Å². The Bertz CT molecular complexity index is 305. The van der Waals surface area contributed by atoms with E-state index < -0.39 is 0 Å². The van der Waals surface area contributed by atoms with Gasteiger partial charge in [0, 0.05) is 5.75 Å². The van der Waals surface area contributed by atoms with Crippen LogP contribution in [0.1, 0.15) is 12.5 Å². The van der Waals surface area contributed by atoms with Crippen molar-refractivity contribution in [2.45, 2.75) is 13.0 Å². The molecule has 0 aliphatic carbocycles. The van der Waals surface area contributed by atoms with E-state index in [1.807, 2.05) is 18.2 Å². The minimum absolute atomic E-state index is 0.361. The molecule has 1 aliphatic rings. The summed E-state index contributed by atoms with van der Waals surface area (Å²) in [6.45, 7) is 2.10. The molecule has 68 valence electrons. The van der Waals surface area contributed by atoms with Crippen LogP contribution >= 0.6 is 11.8 Å². The molecule has 1 nitrogen and oxygen atoms in total. The van der Waals surface area contributed by atoms with Crippen molar-refractivity contribution in [1.29, 1.82) is 0 Å². The van der Waals surface area contributed by atoms with Gasteiger partial charge in [-0.2, -0.15) is 0 Å². The third kappa shape index (κ3) is 2.28. The summed E-state index contributed by atoms with van der Waals surface area (Å²) < 4.78 is 5.59. The summed E-state index contributed by atoms with van der Waals surface area (Å²) in [5.74, 6) is 1.07. The fourth-order valence-electron chi connectivity index (χ4n) is 1.23. The Hall–Kier alpha value is -0.890. The maximum absolute atomic E-state index is 5.59. The van der Waals surface area contributed by atoms with Crippen LogP contribution in [0.5, 0.6) is 0 Å². The SMILES string of the molecule is CC1CS/C(=C/c2ccccc2)O1. The van der Waals surface area contributed by atoms with Crippen molar-refractivity contribution in [1.82, 2.24) is 0 Å². The van der Waals surface area contributed by atoms with Crippen molar-refractivity contribution >= 4 is 17.8 Å². The zero-order chi connectivity index (χ0) is 9.10. The van der Waals surface area contributed by atoms with E-state index in [-0.39, 0.29) is 0 Å². The second-order valence-electron chi connectivity index (χ2n) is 3.11. The van der Waals surface area contributed by atoms with Gasteiger partial charge in [-0.3, -0.25) is 0 Å². The van der Waals surface area contributed by atoms with Crippen LogP contribution < -0.4 is 0 Å². The normalized spacial score (nSPS) is 24.7. The summed E-state index contributed by atoms with van der Waals surface area (Å²) in [5.41, 5.74) is 1.21. The van der Waals surface area contributed by atoms with Gasteiger partial charge in [-0.25, -0.2) is 0 Å². The summed E-state index contributed by atoms with van der Waals surface area (Å²) in [4.78, 5) is 0. The van der Waals surface area contributed by atoms with Crippen molar-refractivity contribution in [3.05, 3.63) is 41.0 Å². The predicted octanol–water partition coefficient (Wildman–Crippen LogP) is 3.14. The highest BCUT2D eigenvalue weighted by Crippen LogP contribution is 2.30. The zero-order valence-electron chi connectivity index (χ0n) is 7.57. The molecule has 0 spiro atoms. The smallest absolute Gasteiger partial charge is 0.154 e. The molecule has 0 bridgehead atoms. The first kappa shape index (κ1) is 8.70. The number of ether oxygens (including phenoxy) is 1. The predicted molar refractivity (Wildman–Crippen MR) is 57.4 cm³/mol. The lowest BCUT2D eigenvalue weighted by molar-refractivity contribution is 0.190. The van der Waals surface area contributed by atoms with E-state index in [0.29, 0.717) is 6.10 Å². The van der Waals surface area contributed by atoms with Gasteiger partial charge in [-0.1, -0.05) is 42.1 Å². The van der Waals surface area contributed by atoms with Crippen molar-refractivity contribution in [2.75, 3.05) is 5.75 Å². The molecule has 1 aliphatic heterocycles. The molecule has 0 amide bonds. The zero-order valence-corrected chi connectivity index (χ0v) is 8.38. The second-order valence-corrected chi connectivity index (χ2v) is 4.14. The fourth-order valence-corrected chi connectivity index (χ4v) is 2.15. The number of rotatable bonds is 1. The van der Waals surface area contributed by atoms with E-state index in [4.69, 9.17) is 4.74 Å². The van der Waals surface area contributed by atoms with Gasteiger partial charge in [0.15, 0.2) is 5.09 Å². The lowest BCUT2D eigenvalue weighted by Crippen LogP contribution is -1.99. The van der Waals surface area contributed by atoms with Gasteiger partial charge in [0.05, 0.1) is 0 Å². The Balaban J connectivity index is 2.13. The highest BCUT2D eigenvalue weighted by Gasteiger charge is 2.15. The lowest BCUT2D eigenvalue weighted by atomic mass is 10.2. The van der Waals surface area contributed by atoms with Gasteiger partial charge in [0.25, 0.3) is 0 Å². The molecule has 0 radical (unpaired) electrons. The summed E-state index contributed by atoms with van der Waals surface area (Å²) >= 11 is 1.78.